The van der Waals surface area contributed by atoms with Crippen LogP contribution in [0.4, 0.5) is 0 Å². The second-order valence-electron chi connectivity index (χ2n) is 5.12. The lowest BCUT2D eigenvalue weighted by atomic mass is 9.92. The molecule has 2 aliphatic rings. The van der Waals surface area contributed by atoms with Crippen molar-refractivity contribution in [1.82, 2.24) is 0 Å². The number of carboxylic acid groups (broad SMARTS) is 1. The van der Waals surface area contributed by atoms with Crippen LogP contribution in [0.3, 0.4) is 0 Å². The topological polar surface area (TPSA) is 46.5 Å². The van der Waals surface area contributed by atoms with Gasteiger partial charge in [0.1, 0.15) is 0 Å². The zero-order valence-electron chi connectivity index (χ0n) is 10.1. The summed E-state index contributed by atoms with van der Waals surface area (Å²) in [4.78, 5) is 12.2. The van der Waals surface area contributed by atoms with Crippen LogP contribution in [0, 0.1) is 0 Å². The van der Waals surface area contributed by atoms with Crippen LogP contribution < -0.4 is 0 Å². The van der Waals surface area contributed by atoms with E-state index in [1.165, 1.54) is 10.5 Å². The number of benzene rings is 1. The Kier molecular flexibility index (Phi) is 3.08. The number of aliphatic carboxylic acids is 1. The van der Waals surface area contributed by atoms with Gasteiger partial charge in [0.25, 0.3) is 0 Å². The van der Waals surface area contributed by atoms with Gasteiger partial charge in [-0.1, -0.05) is 18.2 Å². The molecule has 3 rings (SSSR count). The molecular formula is C14H16O3S. The van der Waals surface area contributed by atoms with Gasteiger partial charge < -0.3 is 9.84 Å². The van der Waals surface area contributed by atoms with E-state index in [4.69, 9.17) is 9.84 Å². The predicted octanol–water partition coefficient (Wildman–Crippen LogP) is 2.68. The van der Waals surface area contributed by atoms with Crippen molar-refractivity contribution in [3.63, 3.8) is 0 Å². The minimum absolute atomic E-state index is 0.0972. The summed E-state index contributed by atoms with van der Waals surface area (Å²) in [7, 11) is 0. The van der Waals surface area contributed by atoms with Crippen LogP contribution in [0.2, 0.25) is 0 Å². The van der Waals surface area contributed by atoms with Gasteiger partial charge in [-0.05, 0) is 24.5 Å². The van der Waals surface area contributed by atoms with Crippen molar-refractivity contribution in [2.24, 2.45) is 0 Å². The quantitative estimate of drug-likeness (QED) is 0.888. The van der Waals surface area contributed by atoms with Crippen LogP contribution in [-0.2, 0) is 14.9 Å². The Labute approximate surface area is 111 Å². The Morgan fingerprint density at radius 1 is 1.39 bits per heavy atom. The van der Waals surface area contributed by atoms with Crippen molar-refractivity contribution >= 4 is 17.7 Å². The molecular weight excluding hydrogens is 248 g/mol. The first-order chi connectivity index (χ1) is 8.70. The van der Waals surface area contributed by atoms with Crippen LogP contribution >= 0.6 is 11.8 Å². The first kappa shape index (κ1) is 12.1. The zero-order chi connectivity index (χ0) is 12.6. The van der Waals surface area contributed by atoms with E-state index in [-0.39, 0.29) is 11.8 Å². The molecule has 1 aromatic rings. The third-order valence-corrected chi connectivity index (χ3v) is 4.92. The average molecular weight is 264 g/mol. The van der Waals surface area contributed by atoms with Crippen molar-refractivity contribution in [1.29, 1.82) is 0 Å². The molecule has 0 bridgehead atoms. The smallest absolute Gasteiger partial charge is 0.304 e. The van der Waals surface area contributed by atoms with Crippen LogP contribution in [0.1, 0.15) is 24.8 Å². The number of thioether (sulfide) groups is 1. The fraction of sp³-hybridized carbons (Fsp3) is 0.500. The highest BCUT2D eigenvalue weighted by Crippen LogP contribution is 2.54. The van der Waals surface area contributed by atoms with Crippen molar-refractivity contribution in [2.45, 2.75) is 34.8 Å². The van der Waals surface area contributed by atoms with E-state index in [1.54, 1.807) is 0 Å². The van der Waals surface area contributed by atoms with E-state index in [0.717, 1.165) is 26.1 Å². The van der Waals surface area contributed by atoms with Crippen molar-refractivity contribution < 1.29 is 14.6 Å². The Balaban J connectivity index is 1.84. The minimum atomic E-state index is -0.695. The van der Waals surface area contributed by atoms with Gasteiger partial charge in [-0.2, -0.15) is 0 Å². The van der Waals surface area contributed by atoms with Gasteiger partial charge >= 0.3 is 5.97 Å². The molecule has 4 heteroatoms. The van der Waals surface area contributed by atoms with Gasteiger partial charge in [0.15, 0.2) is 0 Å². The van der Waals surface area contributed by atoms with Gasteiger partial charge in [-0.15, -0.1) is 11.8 Å². The van der Waals surface area contributed by atoms with E-state index in [9.17, 15) is 4.79 Å². The lowest BCUT2D eigenvalue weighted by Crippen LogP contribution is -2.30. The number of carboxylic acids is 1. The minimum Gasteiger partial charge on any atom is -0.481 e. The average Bonchev–Trinajstić information content (AvgIpc) is 3.04. The van der Waals surface area contributed by atoms with Gasteiger partial charge in [0.2, 0.25) is 0 Å². The molecule has 0 unspecified atom stereocenters. The Bertz CT molecular complexity index is 464. The highest BCUT2D eigenvalue weighted by atomic mass is 32.2. The summed E-state index contributed by atoms with van der Waals surface area (Å²) in [6.45, 7) is 1.62. The first-order valence-corrected chi connectivity index (χ1v) is 7.13. The van der Waals surface area contributed by atoms with Crippen LogP contribution in [0.5, 0.6) is 0 Å². The summed E-state index contributed by atoms with van der Waals surface area (Å²) >= 11 is 1.83. The summed E-state index contributed by atoms with van der Waals surface area (Å²) < 4.78 is 5.20. The maximum absolute atomic E-state index is 11.0. The highest BCUT2D eigenvalue weighted by Gasteiger charge is 2.47. The summed E-state index contributed by atoms with van der Waals surface area (Å²) in [5.74, 6) is -0.695. The molecule has 0 spiro atoms. The molecule has 0 atom stereocenters. The van der Waals surface area contributed by atoms with E-state index in [1.807, 2.05) is 23.9 Å². The van der Waals surface area contributed by atoms with Crippen molar-refractivity contribution in [2.75, 3.05) is 13.2 Å². The molecule has 1 saturated heterocycles. The largest absolute Gasteiger partial charge is 0.481 e. The lowest BCUT2D eigenvalue weighted by Gasteiger charge is -2.27. The molecule has 1 aliphatic heterocycles. The number of carbonyl (C=O) groups is 1. The fourth-order valence-corrected chi connectivity index (χ4v) is 3.71. The van der Waals surface area contributed by atoms with Gasteiger partial charge in [0.05, 0.1) is 24.9 Å². The first-order valence-electron chi connectivity index (χ1n) is 6.25. The second kappa shape index (κ2) is 4.59. The van der Waals surface area contributed by atoms with E-state index >= 15 is 0 Å². The Morgan fingerprint density at radius 3 is 2.67 bits per heavy atom. The number of hydrogen-bond acceptors (Lipinski definition) is 3. The number of ether oxygens (including phenoxy) is 1. The standard InChI is InChI=1S/C14H16O3S/c15-13(16)7-14(5-6-14)11-3-1-2-4-12(11)18-10-8-17-9-10/h1-4,10H,5-9H2,(H,15,16). The number of rotatable bonds is 5. The lowest BCUT2D eigenvalue weighted by molar-refractivity contribution is -0.137. The molecule has 1 heterocycles. The molecule has 0 amide bonds. The number of hydrogen-bond donors (Lipinski definition) is 1. The van der Waals surface area contributed by atoms with Gasteiger partial charge in [-0.3, -0.25) is 4.79 Å². The molecule has 18 heavy (non-hydrogen) atoms. The van der Waals surface area contributed by atoms with Gasteiger partial charge in [-0.25, -0.2) is 0 Å². The maximum atomic E-state index is 11.0. The molecule has 96 valence electrons. The molecule has 3 nitrogen and oxygen atoms in total. The summed E-state index contributed by atoms with van der Waals surface area (Å²) in [5.41, 5.74) is 1.13. The normalized spacial score (nSPS) is 21.3. The summed E-state index contributed by atoms with van der Waals surface area (Å²) in [6, 6.07) is 8.25. The van der Waals surface area contributed by atoms with E-state index in [2.05, 4.69) is 12.1 Å². The maximum Gasteiger partial charge on any atom is 0.304 e. The third-order valence-electron chi connectivity index (χ3n) is 3.70. The monoisotopic (exact) mass is 264 g/mol. The molecule has 1 saturated carbocycles. The Morgan fingerprint density at radius 2 is 2.11 bits per heavy atom. The molecule has 0 radical (unpaired) electrons. The van der Waals surface area contributed by atoms with E-state index < -0.39 is 5.97 Å². The van der Waals surface area contributed by atoms with Crippen molar-refractivity contribution in [3.8, 4) is 0 Å². The summed E-state index contributed by atoms with van der Waals surface area (Å²) in [5, 5.41) is 9.59. The molecule has 1 aromatic carbocycles. The zero-order valence-corrected chi connectivity index (χ0v) is 10.9. The fourth-order valence-electron chi connectivity index (χ4n) is 2.45. The van der Waals surface area contributed by atoms with Gasteiger partial charge in [0, 0.05) is 10.3 Å². The second-order valence-corrected chi connectivity index (χ2v) is 6.47. The van der Waals surface area contributed by atoms with Crippen LogP contribution in [0.15, 0.2) is 29.2 Å². The van der Waals surface area contributed by atoms with Crippen LogP contribution in [0.25, 0.3) is 0 Å². The molecule has 1 N–H and O–H groups in total. The molecule has 0 aromatic heterocycles. The molecule has 1 aliphatic carbocycles. The Hall–Kier alpha value is -1.00. The van der Waals surface area contributed by atoms with Crippen molar-refractivity contribution in [3.05, 3.63) is 29.8 Å². The van der Waals surface area contributed by atoms with Crippen LogP contribution in [-0.4, -0.2) is 29.5 Å². The third kappa shape index (κ3) is 2.27. The SMILES string of the molecule is O=C(O)CC1(c2ccccc2SC2COC2)CC1. The van der Waals surface area contributed by atoms with E-state index in [0.29, 0.717) is 5.25 Å². The molecule has 2 fully saturated rings. The highest BCUT2D eigenvalue weighted by molar-refractivity contribution is 8.00. The predicted molar refractivity (Wildman–Crippen MR) is 70.1 cm³/mol. The summed E-state index contributed by atoms with van der Waals surface area (Å²) in [6.07, 6.45) is 2.25.